The lowest BCUT2D eigenvalue weighted by Gasteiger charge is -2.31. The molecule has 1 aromatic heterocycles. The smallest absolute Gasteiger partial charge is 0.332 e. The molecular weight excluding hydrogens is 417 g/mol. The third kappa shape index (κ3) is 4.82. The molecule has 0 bridgehead atoms. The molecule has 3 rings (SSSR count). The predicted octanol–water partition coefficient (Wildman–Crippen LogP) is 2.57. The largest absolute Gasteiger partial charge is 0.378 e. The van der Waals surface area contributed by atoms with Gasteiger partial charge in [-0.15, -0.1) is 0 Å². The molecule has 0 N–H and O–H groups in total. The third-order valence-electron chi connectivity index (χ3n) is 4.29. The molecule has 1 saturated heterocycles. The quantitative estimate of drug-likeness (QED) is 0.296. The summed E-state index contributed by atoms with van der Waals surface area (Å²) in [5.74, 6) is 0.280. The Balaban J connectivity index is 1.93. The molecule has 11 heteroatoms. The number of nitro groups is 1. The van der Waals surface area contributed by atoms with Crippen LogP contribution < -0.4 is 0 Å². The van der Waals surface area contributed by atoms with E-state index >= 15 is 0 Å². The van der Waals surface area contributed by atoms with Crippen molar-refractivity contribution in [2.45, 2.75) is 11.4 Å². The second-order valence-electron chi connectivity index (χ2n) is 6.01. The zero-order valence-electron chi connectivity index (χ0n) is 14.4. The maximum absolute atomic E-state index is 12.0. The number of rotatable bonds is 6. The summed E-state index contributed by atoms with van der Waals surface area (Å²) in [6, 6.07) is 3.51. The first-order chi connectivity index (χ1) is 13.0. The number of alkyl halides is 2. The number of ether oxygens (including phenoxy) is 1. The fourth-order valence-electron chi connectivity index (χ4n) is 3.07. The normalized spacial score (nSPS) is 18.6. The molecule has 2 aliphatic heterocycles. The summed E-state index contributed by atoms with van der Waals surface area (Å²) in [7, 11) is 0. The molecule has 2 aliphatic rings. The monoisotopic (exact) mass is 433 g/mol. The van der Waals surface area contributed by atoms with Gasteiger partial charge in [0.1, 0.15) is 10.9 Å². The molecule has 3 heterocycles. The van der Waals surface area contributed by atoms with Crippen LogP contribution in [0.3, 0.4) is 0 Å². The highest BCUT2D eigenvalue weighted by Crippen LogP contribution is 2.27. The highest BCUT2D eigenvalue weighted by Gasteiger charge is 2.37. The SMILES string of the molecule is O=[N+]([O-])C(C1=NCCN1Cc1ccc(Cl)nc1)=C(C(Cl)Cl)N1CCOCC1. The van der Waals surface area contributed by atoms with Crippen LogP contribution in [0.1, 0.15) is 5.56 Å². The molecule has 1 aromatic rings. The van der Waals surface area contributed by atoms with E-state index in [4.69, 9.17) is 39.5 Å². The van der Waals surface area contributed by atoms with Crippen molar-refractivity contribution in [2.24, 2.45) is 4.99 Å². The minimum atomic E-state index is -1.05. The van der Waals surface area contributed by atoms with Crippen LogP contribution in [0.2, 0.25) is 5.15 Å². The maximum atomic E-state index is 12.0. The zero-order valence-corrected chi connectivity index (χ0v) is 16.6. The molecule has 0 spiro atoms. The van der Waals surface area contributed by atoms with Crippen molar-refractivity contribution in [1.29, 1.82) is 0 Å². The van der Waals surface area contributed by atoms with Crippen LogP contribution in [0.25, 0.3) is 0 Å². The second kappa shape index (κ2) is 9.05. The molecule has 0 saturated carbocycles. The van der Waals surface area contributed by atoms with Gasteiger partial charge in [-0.2, -0.15) is 0 Å². The third-order valence-corrected chi connectivity index (χ3v) is 4.93. The Labute approximate surface area is 171 Å². The van der Waals surface area contributed by atoms with Gasteiger partial charge >= 0.3 is 5.70 Å². The highest BCUT2D eigenvalue weighted by molar-refractivity contribution is 6.46. The van der Waals surface area contributed by atoms with Crippen LogP contribution in [-0.4, -0.2) is 69.8 Å². The first-order valence-electron chi connectivity index (χ1n) is 8.37. The number of allylic oxidation sites excluding steroid dienone is 1. The summed E-state index contributed by atoms with van der Waals surface area (Å²) >= 11 is 18.1. The summed E-state index contributed by atoms with van der Waals surface area (Å²) in [5.41, 5.74) is 0.968. The number of amidine groups is 1. The van der Waals surface area contributed by atoms with Crippen LogP contribution in [0, 0.1) is 10.1 Å². The Morgan fingerprint density at radius 1 is 1.30 bits per heavy atom. The molecule has 0 aliphatic carbocycles. The van der Waals surface area contributed by atoms with Gasteiger partial charge < -0.3 is 14.5 Å². The molecule has 0 radical (unpaired) electrons. The minimum absolute atomic E-state index is 0.161. The number of morpholine rings is 1. The molecule has 0 amide bonds. The van der Waals surface area contributed by atoms with Crippen LogP contribution in [0.15, 0.2) is 34.7 Å². The summed E-state index contributed by atoms with van der Waals surface area (Å²) in [4.78, 5) is 22.5. The summed E-state index contributed by atoms with van der Waals surface area (Å²) in [6.07, 6.45) is 1.64. The van der Waals surface area contributed by atoms with E-state index < -0.39 is 9.76 Å². The number of nitrogens with zero attached hydrogens (tertiary/aromatic N) is 5. The van der Waals surface area contributed by atoms with Gasteiger partial charge in [0.15, 0.2) is 4.84 Å². The number of pyridine rings is 1. The molecule has 0 unspecified atom stereocenters. The molecule has 8 nitrogen and oxygen atoms in total. The van der Waals surface area contributed by atoms with Gasteiger partial charge in [-0.25, -0.2) is 4.98 Å². The van der Waals surface area contributed by atoms with E-state index in [-0.39, 0.29) is 17.2 Å². The average Bonchev–Trinajstić information content (AvgIpc) is 3.09. The summed E-state index contributed by atoms with van der Waals surface area (Å²) in [5, 5.41) is 12.3. The first kappa shape index (κ1) is 20.1. The van der Waals surface area contributed by atoms with Gasteiger partial charge in [-0.05, 0) is 11.6 Å². The second-order valence-corrected chi connectivity index (χ2v) is 7.49. The Morgan fingerprint density at radius 3 is 2.63 bits per heavy atom. The minimum Gasteiger partial charge on any atom is -0.378 e. The molecule has 146 valence electrons. The van der Waals surface area contributed by atoms with E-state index in [2.05, 4.69) is 9.98 Å². The molecular formula is C16H18Cl3N5O3. The van der Waals surface area contributed by atoms with Crippen molar-refractivity contribution < 1.29 is 9.66 Å². The lowest BCUT2D eigenvalue weighted by molar-refractivity contribution is -0.418. The standard InChI is InChI=1S/C16H18Cl3N5O3/c17-12-2-1-11(9-21-12)10-23-4-3-20-16(23)14(24(25)26)13(15(18)19)22-5-7-27-8-6-22/h1-2,9,15H,3-8,10H2. The van der Waals surface area contributed by atoms with E-state index in [1.165, 1.54) is 0 Å². The number of halogens is 3. The average molecular weight is 435 g/mol. The summed E-state index contributed by atoms with van der Waals surface area (Å²) in [6.45, 7) is 3.32. The van der Waals surface area contributed by atoms with Crippen LogP contribution >= 0.6 is 34.8 Å². The topological polar surface area (TPSA) is 84.1 Å². The van der Waals surface area contributed by atoms with E-state index in [9.17, 15) is 10.1 Å². The van der Waals surface area contributed by atoms with Crippen LogP contribution in [0.5, 0.6) is 0 Å². The van der Waals surface area contributed by atoms with E-state index in [1.807, 2.05) is 11.0 Å². The predicted molar refractivity (Wildman–Crippen MR) is 104 cm³/mol. The van der Waals surface area contributed by atoms with Crippen LogP contribution in [0.4, 0.5) is 0 Å². The Hall–Kier alpha value is -1.61. The molecule has 1 fully saturated rings. The Morgan fingerprint density at radius 2 is 2.04 bits per heavy atom. The Kier molecular flexibility index (Phi) is 6.75. The van der Waals surface area contributed by atoms with E-state index in [1.54, 1.807) is 17.2 Å². The van der Waals surface area contributed by atoms with Gasteiger partial charge in [0.2, 0.25) is 5.84 Å². The fourth-order valence-corrected chi connectivity index (χ4v) is 3.66. The van der Waals surface area contributed by atoms with Crippen LogP contribution in [-0.2, 0) is 11.3 Å². The van der Waals surface area contributed by atoms with Gasteiger partial charge in [0, 0.05) is 32.4 Å². The lowest BCUT2D eigenvalue weighted by Crippen LogP contribution is -2.41. The zero-order chi connectivity index (χ0) is 19.4. The molecule has 27 heavy (non-hydrogen) atoms. The van der Waals surface area contributed by atoms with Crippen molar-refractivity contribution in [3.8, 4) is 0 Å². The van der Waals surface area contributed by atoms with Gasteiger partial charge in [0.05, 0.1) is 24.7 Å². The van der Waals surface area contributed by atoms with Gasteiger partial charge in [-0.1, -0.05) is 40.9 Å². The number of hydrogen-bond acceptors (Lipinski definition) is 7. The van der Waals surface area contributed by atoms with E-state index in [0.717, 1.165) is 5.56 Å². The number of hydrogen-bond donors (Lipinski definition) is 0. The first-order valence-corrected chi connectivity index (χ1v) is 9.62. The lowest BCUT2D eigenvalue weighted by atomic mass is 10.2. The molecule has 0 aromatic carbocycles. The van der Waals surface area contributed by atoms with Crippen molar-refractivity contribution in [3.63, 3.8) is 0 Å². The van der Waals surface area contributed by atoms with Gasteiger partial charge in [0.25, 0.3) is 0 Å². The van der Waals surface area contributed by atoms with Crippen molar-refractivity contribution in [2.75, 3.05) is 39.4 Å². The summed E-state index contributed by atoms with van der Waals surface area (Å²) < 4.78 is 5.33. The van der Waals surface area contributed by atoms with Crippen molar-refractivity contribution in [3.05, 3.63) is 50.6 Å². The Bertz CT molecular complexity index is 748. The van der Waals surface area contributed by atoms with Crippen molar-refractivity contribution >= 4 is 40.6 Å². The fraction of sp³-hybridized carbons (Fsp3) is 0.500. The maximum Gasteiger partial charge on any atom is 0.332 e. The number of aliphatic imine (C=N–C) groups is 1. The van der Waals surface area contributed by atoms with E-state index in [0.29, 0.717) is 51.1 Å². The highest BCUT2D eigenvalue weighted by atomic mass is 35.5. The number of aromatic nitrogens is 1. The molecule has 0 atom stereocenters. The van der Waals surface area contributed by atoms with Crippen molar-refractivity contribution in [1.82, 2.24) is 14.8 Å². The van der Waals surface area contributed by atoms with Gasteiger partial charge in [-0.3, -0.25) is 15.1 Å².